The normalized spacial score (nSPS) is 10.8. The maximum Gasteiger partial charge on any atom is 0.253 e. The predicted molar refractivity (Wildman–Crippen MR) is 145 cm³/mol. The van der Waals surface area contributed by atoms with E-state index in [0.717, 1.165) is 22.2 Å². The van der Waals surface area contributed by atoms with Crippen LogP contribution in [0.15, 0.2) is 79.1 Å². The van der Waals surface area contributed by atoms with Crippen molar-refractivity contribution in [1.82, 2.24) is 30.4 Å². The lowest BCUT2D eigenvalue weighted by molar-refractivity contribution is 0.0827. The number of hydrogen-bond donors (Lipinski definition) is 2. The number of methoxy groups -OCH3 is 1. The number of rotatable bonds is 7. The van der Waals surface area contributed by atoms with Crippen LogP contribution in [0.5, 0.6) is 5.75 Å². The van der Waals surface area contributed by atoms with Crippen LogP contribution in [0.3, 0.4) is 0 Å². The molecule has 0 fully saturated rings. The fourth-order valence-electron chi connectivity index (χ4n) is 4.19. The molecule has 2 N–H and O–H groups in total. The smallest absolute Gasteiger partial charge is 0.253 e. The summed E-state index contributed by atoms with van der Waals surface area (Å²) in [6.07, 6.45) is 3.37. The second kappa shape index (κ2) is 10.5. The van der Waals surface area contributed by atoms with Crippen molar-refractivity contribution >= 4 is 22.8 Å². The molecule has 0 unspecified atom stereocenters. The molecule has 5 aromatic rings. The Balaban J connectivity index is 1.56. The first-order valence-corrected chi connectivity index (χ1v) is 12.0. The van der Waals surface area contributed by atoms with Gasteiger partial charge in [-0.2, -0.15) is 5.10 Å². The van der Waals surface area contributed by atoms with Gasteiger partial charge in [0.25, 0.3) is 11.8 Å². The van der Waals surface area contributed by atoms with E-state index in [1.54, 1.807) is 51.8 Å². The maximum absolute atomic E-state index is 13.1. The van der Waals surface area contributed by atoms with Crippen LogP contribution in [0.4, 0.5) is 0 Å². The third-order valence-corrected chi connectivity index (χ3v) is 6.12. The number of aromatic amines is 1. The number of benzene rings is 2. The monoisotopic (exact) mass is 506 g/mol. The molecule has 3 aromatic heterocycles. The molecule has 0 aliphatic carbocycles. The lowest BCUT2D eigenvalue weighted by atomic mass is 9.98. The summed E-state index contributed by atoms with van der Waals surface area (Å²) in [6.45, 7) is 0.270. The van der Waals surface area contributed by atoms with E-state index in [-0.39, 0.29) is 18.4 Å². The van der Waals surface area contributed by atoms with Gasteiger partial charge in [-0.3, -0.25) is 19.7 Å². The van der Waals surface area contributed by atoms with E-state index in [4.69, 9.17) is 4.74 Å². The molecule has 9 heteroatoms. The van der Waals surface area contributed by atoms with E-state index in [9.17, 15) is 9.59 Å². The molecule has 0 spiro atoms. The molecule has 2 aromatic carbocycles. The van der Waals surface area contributed by atoms with Crippen molar-refractivity contribution in [3.8, 4) is 28.1 Å². The molecule has 0 saturated carbocycles. The zero-order chi connectivity index (χ0) is 26.6. The Bertz CT molecular complexity index is 1630. The summed E-state index contributed by atoms with van der Waals surface area (Å²) in [5, 5.41) is 11.1. The summed E-state index contributed by atoms with van der Waals surface area (Å²) in [5.74, 6) is 0.173. The number of aromatic nitrogens is 4. The van der Waals surface area contributed by atoms with Crippen LogP contribution < -0.4 is 10.1 Å². The van der Waals surface area contributed by atoms with Crippen LogP contribution in [-0.4, -0.2) is 58.1 Å². The van der Waals surface area contributed by atoms with Crippen molar-refractivity contribution in [3.05, 3.63) is 95.9 Å². The number of H-pyrrole nitrogens is 1. The number of hydrogen-bond acceptors (Lipinski definition) is 6. The van der Waals surface area contributed by atoms with Crippen LogP contribution in [0.2, 0.25) is 0 Å². The first kappa shape index (κ1) is 24.6. The molecular weight excluding hydrogens is 480 g/mol. The van der Waals surface area contributed by atoms with E-state index in [1.165, 1.54) is 4.90 Å². The Morgan fingerprint density at radius 1 is 0.947 bits per heavy atom. The minimum atomic E-state index is -0.308. The fourth-order valence-corrected chi connectivity index (χ4v) is 4.19. The highest BCUT2D eigenvalue weighted by Crippen LogP contribution is 2.34. The summed E-state index contributed by atoms with van der Waals surface area (Å²) in [5.41, 5.74) is 5.05. The Labute approximate surface area is 219 Å². The fraction of sp³-hybridized carbons (Fsp3) is 0.138. The van der Waals surface area contributed by atoms with Crippen molar-refractivity contribution in [2.24, 2.45) is 0 Å². The summed E-state index contributed by atoms with van der Waals surface area (Å²) in [4.78, 5) is 36.3. The number of carbonyl (C=O) groups is 2. The molecule has 2 amide bonds. The highest BCUT2D eigenvalue weighted by atomic mass is 16.5. The van der Waals surface area contributed by atoms with Crippen molar-refractivity contribution in [1.29, 1.82) is 0 Å². The van der Waals surface area contributed by atoms with Gasteiger partial charge in [0.1, 0.15) is 11.4 Å². The molecule has 3 heterocycles. The predicted octanol–water partition coefficient (Wildman–Crippen LogP) is 4.33. The standard InChI is InChI=1S/C29H26N6O3/c1-35(2)29(37)20-13-18(12-19(14-20)28(36)32-17-22-8-6-7-11-30-22)21-15-24-26(33-34-27(24)31-16-21)23-9-4-5-10-25(23)38-3/h4-16H,17H2,1-3H3,(H,32,36)(H,31,33,34). The largest absolute Gasteiger partial charge is 0.496 e. The summed E-state index contributed by atoms with van der Waals surface area (Å²) >= 11 is 0. The third kappa shape index (κ3) is 4.94. The van der Waals surface area contributed by atoms with Gasteiger partial charge in [-0.1, -0.05) is 18.2 Å². The number of nitrogens with one attached hydrogen (secondary N) is 2. The second-order valence-corrected chi connectivity index (χ2v) is 8.90. The first-order valence-electron chi connectivity index (χ1n) is 12.0. The number of carbonyl (C=O) groups excluding carboxylic acids is 2. The Morgan fingerprint density at radius 3 is 2.50 bits per heavy atom. The van der Waals surface area contributed by atoms with Gasteiger partial charge in [0.2, 0.25) is 0 Å². The molecule has 0 aliphatic rings. The lowest BCUT2D eigenvalue weighted by Gasteiger charge is -2.14. The van der Waals surface area contributed by atoms with E-state index >= 15 is 0 Å². The van der Waals surface area contributed by atoms with E-state index < -0.39 is 0 Å². The number of nitrogens with zero attached hydrogens (tertiary/aromatic N) is 4. The number of amides is 2. The molecule has 5 rings (SSSR count). The van der Waals surface area contributed by atoms with E-state index in [1.807, 2.05) is 48.5 Å². The molecule has 38 heavy (non-hydrogen) atoms. The Hall–Kier alpha value is -5.05. The van der Waals surface area contributed by atoms with Crippen LogP contribution in [-0.2, 0) is 6.54 Å². The topological polar surface area (TPSA) is 113 Å². The number of pyridine rings is 2. The molecule has 0 aliphatic heterocycles. The minimum absolute atomic E-state index is 0.210. The van der Waals surface area contributed by atoms with Gasteiger partial charge in [0, 0.05) is 54.1 Å². The molecule has 0 bridgehead atoms. The van der Waals surface area contributed by atoms with Crippen LogP contribution >= 0.6 is 0 Å². The SMILES string of the molecule is COc1ccccc1-c1n[nH]c2ncc(-c3cc(C(=O)NCc4ccccn4)cc(C(=O)N(C)C)c3)cc12. The Kier molecular flexibility index (Phi) is 6.82. The number of ether oxygens (including phenoxy) is 1. The second-order valence-electron chi connectivity index (χ2n) is 8.90. The zero-order valence-electron chi connectivity index (χ0n) is 21.2. The maximum atomic E-state index is 13.1. The zero-order valence-corrected chi connectivity index (χ0v) is 21.2. The van der Waals surface area contributed by atoms with Crippen molar-refractivity contribution < 1.29 is 14.3 Å². The molecule has 0 radical (unpaired) electrons. The molecule has 190 valence electrons. The van der Waals surface area contributed by atoms with E-state index in [2.05, 4.69) is 25.5 Å². The average molecular weight is 507 g/mol. The molecule has 0 saturated heterocycles. The number of para-hydroxylation sites is 1. The summed E-state index contributed by atoms with van der Waals surface area (Å²) in [6, 6.07) is 20.2. The minimum Gasteiger partial charge on any atom is -0.496 e. The van der Waals surface area contributed by atoms with Crippen LogP contribution in [0, 0.1) is 0 Å². The van der Waals surface area contributed by atoms with Crippen LogP contribution in [0.25, 0.3) is 33.4 Å². The summed E-state index contributed by atoms with van der Waals surface area (Å²) in [7, 11) is 4.97. The van der Waals surface area contributed by atoms with Gasteiger partial charge in [-0.05, 0) is 54.1 Å². The average Bonchev–Trinajstić information content (AvgIpc) is 3.38. The highest BCUT2D eigenvalue weighted by molar-refractivity contribution is 6.02. The third-order valence-electron chi connectivity index (χ3n) is 6.12. The Morgan fingerprint density at radius 2 is 1.74 bits per heavy atom. The van der Waals surface area contributed by atoms with Gasteiger partial charge in [-0.15, -0.1) is 0 Å². The lowest BCUT2D eigenvalue weighted by Crippen LogP contribution is -2.25. The highest BCUT2D eigenvalue weighted by Gasteiger charge is 2.18. The van der Waals surface area contributed by atoms with Gasteiger partial charge < -0.3 is 15.0 Å². The number of fused-ring (bicyclic) bond motifs is 1. The quantitative estimate of drug-likeness (QED) is 0.340. The van der Waals surface area contributed by atoms with Gasteiger partial charge in [0.15, 0.2) is 5.65 Å². The van der Waals surface area contributed by atoms with Crippen molar-refractivity contribution in [2.75, 3.05) is 21.2 Å². The molecule has 0 atom stereocenters. The van der Waals surface area contributed by atoms with Gasteiger partial charge in [0.05, 0.1) is 19.3 Å². The molecular formula is C29H26N6O3. The van der Waals surface area contributed by atoms with Gasteiger partial charge >= 0.3 is 0 Å². The van der Waals surface area contributed by atoms with Crippen molar-refractivity contribution in [2.45, 2.75) is 6.54 Å². The van der Waals surface area contributed by atoms with Crippen LogP contribution in [0.1, 0.15) is 26.4 Å². The molecule has 9 nitrogen and oxygen atoms in total. The van der Waals surface area contributed by atoms with Crippen molar-refractivity contribution in [3.63, 3.8) is 0 Å². The van der Waals surface area contributed by atoms with Gasteiger partial charge in [-0.25, -0.2) is 4.98 Å². The first-order chi connectivity index (χ1) is 18.4. The van der Waals surface area contributed by atoms with E-state index in [0.29, 0.717) is 33.8 Å². The summed E-state index contributed by atoms with van der Waals surface area (Å²) < 4.78 is 5.53.